The number of hydrogen-bond acceptors (Lipinski definition) is 5. The molecule has 2 N–H and O–H groups in total. The van der Waals surface area contributed by atoms with Gasteiger partial charge in [-0.2, -0.15) is 0 Å². The first-order valence-electron chi connectivity index (χ1n) is 7.17. The molecule has 1 heterocycles. The molecule has 0 aromatic heterocycles. The number of carbonyl (C=O) groups excluding carboxylic acids is 1. The van der Waals surface area contributed by atoms with Crippen molar-refractivity contribution in [1.82, 2.24) is 5.32 Å². The number of nitrogens with one attached hydrogen (secondary N) is 1. The molecule has 3 rings (SSSR count). The molecular formula is C17H17NO4S. The lowest BCUT2D eigenvalue weighted by Crippen LogP contribution is -2.28. The predicted molar refractivity (Wildman–Crippen MR) is 88.1 cm³/mol. The number of benzene rings is 2. The van der Waals surface area contributed by atoms with E-state index in [2.05, 4.69) is 5.32 Å². The van der Waals surface area contributed by atoms with Crippen molar-refractivity contribution in [1.29, 1.82) is 0 Å². The number of aliphatic hydroxyl groups excluding tert-OH is 1. The van der Waals surface area contributed by atoms with Gasteiger partial charge in [-0.3, -0.25) is 4.79 Å². The van der Waals surface area contributed by atoms with Crippen molar-refractivity contribution in [2.75, 3.05) is 19.6 Å². The van der Waals surface area contributed by atoms with Crippen LogP contribution in [-0.4, -0.2) is 30.6 Å². The normalized spacial score (nSPS) is 13.7. The molecule has 0 radical (unpaired) electrons. The van der Waals surface area contributed by atoms with Crippen LogP contribution in [0.25, 0.3) is 0 Å². The maximum Gasteiger partial charge on any atom is 0.251 e. The SMILES string of the molecule is CSc1ccc([C@@H](O)CNC(=O)c2ccc3c(c2)OCO3)cc1. The Hall–Kier alpha value is -2.18. The first-order valence-corrected chi connectivity index (χ1v) is 8.39. The fraction of sp³-hybridized carbons (Fsp3) is 0.235. The second kappa shape index (κ2) is 6.93. The molecule has 0 unspecified atom stereocenters. The van der Waals surface area contributed by atoms with E-state index in [1.165, 1.54) is 0 Å². The third-order valence-electron chi connectivity index (χ3n) is 3.59. The van der Waals surface area contributed by atoms with Crippen LogP contribution in [0.4, 0.5) is 0 Å². The van der Waals surface area contributed by atoms with E-state index in [9.17, 15) is 9.90 Å². The van der Waals surface area contributed by atoms with Gasteiger partial charge in [-0.15, -0.1) is 11.8 Å². The van der Waals surface area contributed by atoms with E-state index >= 15 is 0 Å². The van der Waals surface area contributed by atoms with Crippen molar-refractivity contribution in [2.24, 2.45) is 0 Å². The third-order valence-corrected chi connectivity index (χ3v) is 4.33. The minimum absolute atomic E-state index is 0.145. The average Bonchev–Trinajstić information content (AvgIpc) is 3.07. The van der Waals surface area contributed by atoms with E-state index in [1.54, 1.807) is 30.0 Å². The lowest BCUT2D eigenvalue weighted by Gasteiger charge is -2.13. The quantitative estimate of drug-likeness (QED) is 0.824. The van der Waals surface area contributed by atoms with Gasteiger partial charge in [-0.25, -0.2) is 0 Å². The van der Waals surface area contributed by atoms with Crippen LogP contribution in [0.15, 0.2) is 47.4 Å². The molecule has 0 aliphatic carbocycles. The number of carbonyl (C=O) groups is 1. The van der Waals surface area contributed by atoms with Crippen molar-refractivity contribution in [3.63, 3.8) is 0 Å². The molecule has 0 fully saturated rings. The van der Waals surface area contributed by atoms with Crippen LogP contribution < -0.4 is 14.8 Å². The smallest absolute Gasteiger partial charge is 0.251 e. The van der Waals surface area contributed by atoms with Crippen LogP contribution in [0.5, 0.6) is 11.5 Å². The topological polar surface area (TPSA) is 67.8 Å². The lowest BCUT2D eigenvalue weighted by molar-refractivity contribution is 0.0916. The number of fused-ring (bicyclic) bond motifs is 1. The third kappa shape index (κ3) is 3.60. The Morgan fingerprint density at radius 1 is 1.22 bits per heavy atom. The van der Waals surface area contributed by atoms with Gasteiger partial charge in [-0.05, 0) is 42.2 Å². The molecule has 2 aromatic carbocycles. The van der Waals surface area contributed by atoms with E-state index in [1.807, 2.05) is 30.5 Å². The Balaban J connectivity index is 1.59. The second-order valence-corrected chi connectivity index (χ2v) is 5.95. The summed E-state index contributed by atoms with van der Waals surface area (Å²) in [6.45, 7) is 0.317. The maximum absolute atomic E-state index is 12.2. The molecule has 0 saturated heterocycles. The van der Waals surface area contributed by atoms with Gasteiger partial charge in [0.2, 0.25) is 6.79 Å². The molecule has 1 aliphatic rings. The summed E-state index contributed by atoms with van der Waals surface area (Å²) in [4.78, 5) is 13.3. The second-order valence-electron chi connectivity index (χ2n) is 5.07. The molecule has 0 spiro atoms. The minimum atomic E-state index is -0.746. The summed E-state index contributed by atoms with van der Waals surface area (Å²) in [7, 11) is 0. The molecule has 5 nitrogen and oxygen atoms in total. The van der Waals surface area contributed by atoms with Crippen molar-refractivity contribution < 1.29 is 19.4 Å². The van der Waals surface area contributed by atoms with Crippen molar-refractivity contribution in [3.8, 4) is 11.5 Å². The van der Waals surface area contributed by atoms with Gasteiger partial charge in [0.25, 0.3) is 5.91 Å². The van der Waals surface area contributed by atoms with Crippen molar-refractivity contribution >= 4 is 17.7 Å². The first kappa shape index (κ1) is 15.7. The molecule has 23 heavy (non-hydrogen) atoms. The lowest BCUT2D eigenvalue weighted by atomic mass is 10.1. The molecule has 0 bridgehead atoms. The van der Waals surface area contributed by atoms with E-state index in [0.717, 1.165) is 10.5 Å². The van der Waals surface area contributed by atoms with E-state index < -0.39 is 6.10 Å². The van der Waals surface area contributed by atoms with Gasteiger partial charge >= 0.3 is 0 Å². The minimum Gasteiger partial charge on any atom is -0.454 e. The molecule has 120 valence electrons. The van der Waals surface area contributed by atoms with Crippen molar-refractivity contribution in [3.05, 3.63) is 53.6 Å². The van der Waals surface area contributed by atoms with Crippen LogP contribution in [0.3, 0.4) is 0 Å². The highest BCUT2D eigenvalue weighted by Gasteiger charge is 2.17. The van der Waals surface area contributed by atoms with E-state index in [0.29, 0.717) is 17.1 Å². The zero-order valence-electron chi connectivity index (χ0n) is 12.6. The zero-order chi connectivity index (χ0) is 16.2. The molecule has 1 atom stereocenters. The molecule has 0 saturated carbocycles. The van der Waals surface area contributed by atoms with E-state index in [-0.39, 0.29) is 19.2 Å². The predicted octanol–water partition coefficient (Wildman–Crippen LogP) is 2.60. The van der Waals surface area contributed by atoms with Crippen LogP contribution in [0.1, 0.15) is 22.0 Å². The van der Waals surface area contributed by atoms with Gasteiger partial charge in [0.15, 0.2) is 11.5 Å². The Morgan fingerprint density at radius 2 is 1.96 bits per heavy atom. The molecule has 2 aromatic rings. The number of aliphatic hydroxyl groups is 1. The number of ether oxygens (including phenoxy) is 2. The van der Waals surface area contributed by atoms with E-state index in [4.69, 9.17) is 9.47 Å². The standard InChI is InChI=1S/C17H17NO4S/c1-23-13-5-2-11(3-6-13)14(19)9-18-17(20)12-4-7-15-16(8-12)22-10-21-15/h2-8,14,19H,9-10H2,1H3,(H,18,20)/t14-/m0/s1. The summed E-state index contributed by atoms with van der Waals surface area (Å²) < 4.78 is 10.5. The molecule has 6 heteroatoms. The Labute approximate surface area is 138 Å². The fourth-order valence-corrected chi connectivity index (χ4v) is 2.68. The average molecular weight is 331 g/mol. The van der Waals surface area contributed by atoms with Crippen LogP contribution in [-0.2, 0) is 0 Å². The zero-order valence-corrected chi connectivity index (χ0v) is 13.4. The Kier molecular flexibility index (Phi) is 4.73. The number of hydrogen-bond donors (Lipinski definition) is 2. The van der Waals surface area contributed by atoms with Crippen LogP contribution >= 0.6 is 11.8 Å². The van der Waals surface area contributed by atoms with Crippen LogP contribution in [0, 0.1) is 0 Å². The summed E-state index contributed by atoms with van der Waals surface area (Å²) in [6, 6.07) is 12.6. The highest BCUT2D eigenvalue weighted by Crippen LogP contribution is 2.32. The van der Waals surface area contributed by atoms with Gasteiger partial charge < -0.3 is 19.9 Å². The maximum atomic E-state index is 12.2. The molecule has 1 amide bonds. The largest absolute Gasteiger partial charge is 0.454 e. The Morgan fingerprint density at radius 3 is 2.70 bits per heavy atom. The van der Waals surface area contributed by atoms with Gasteiger partial charge in [0.05, 0.1) is 6.10 Å². The van der Waals surface area contributed by atoms with Crippen LogP contribution in [0.2, 0.25) is 0 Å². The number of amides is 1. The number of rotatable bonds is 5. The summed E-state index contributed by atoms with van der Waals surface area (Å²) in [5.41, 5.74) is 1.24. The highest BCUT2D eigenvalue weighted by molar-refractivity contribution is 7.98. The summed E-state index contributed by atoms with van der Waals surface area (Å²) >= 11 is 1.64. The summed E-state index contributed by atoms with van der Waals surface area (Å²) in [6.07, 6.45) is 1.25. The highest BCUT2D eigenvalue weighted by atomic mass is 32.2. The van der Waals surface area contributed by atoms with Gasteiger partial charge in [0.1, 0.15) is 0 Å². The molecular weight excluding hydrogens is 314 g/mol. The number of thioether (sulfide) groups is 1. The Bertz CT molecular complexity index is 702. The first-order chi connectivity index (χ1) is 11.2. The summed E-state index contributed by atoms with van der Waals surface area (Å²) in [5, 5.41) is 12.9. The van der Waals surface area contributed by atoms with Gasteiger partial charge in [-0.1, -0.05) is 12.1 Å². The van der Waals surface area contributed by atoms with Gasteiger partial charge in [0, 0.05) is 17.0 Å². The van der Waals surface area contributed by atoms with Crippen molar-refractivity contribution in [2.45, 2.75) is 11.0 Å². The monoisotopic (exact) mass is 331 g/mol. The fourth-order valence-electron chi connectivity index (χ4n) is 2.27. The summed E-state index contributed by atoms with van der Waals surface area (Å²) in [5.74, 6) is 0.935. The molecule has 1 aliphatic heterocycles.